The summed E-state index contributed by atoms with van der Waals surface area (Å²) in [5.74, 6) is 0. The number of aromatic nitrogens is 1. The van der Waals surface area contributed by atoms with Gasteiger partial charge >= 0.3 is 6.03 Å². The number of thiophene rings is 2. The van der Waals surface area contributed by atoms with Crippen molar-refractivity contribution in [3.63, 3.8) is 0 Å². The van der Waals surface area contributed by atoms with Crippen molar-refractivity contribution in [3.05, 3.63) is 50.5 Å². The molecule has 9 heteroatoms. The molecule has 0 fully saturated rings. The molecule has 0 radical (unpaired) electrons. The summed E-state index contributed by atoms with van der Waals surface area (Å²) in [6.45, 7) is 8.38. The van der Waals surface area contributed by atoms with Crippen LogP contribution < -0.4 is 16.0 Å². The molecule has 3 N–H and O–H groups in total. The van der Waals surface area contributed by atoms with E-state index in [1.54, 1.807) is 18.4 Å². The summed E-state index contributed by atoms with van der Waals surface area (Å²) in [4.78, 5) is 28.3. The highest BCUT2D eigenvalue weighted by atomic mass is 32.1. The van der Waals surface area contributed by atoms with Crippen molar-refractivity contribution in [2.75, 3.05) is 19.0 Å². The fraction of sp³-hybridized carbons (Fsp3) is 0.500. The molecule has 0 unspecified atom stereocenters. The molecular weight excluding hydrogens is 504 g/mol. The summed E-state index contributed by atoms with van der Waals surface area (Å²) in [5, 5.41) is 10.1. The van der Waals surface area contributed by atoms with E-state index in [1.807, 2.05) is 39.2 Å². The van der Waals surface area contributed by atoms with Crippen molar-refractivity contribution in [3.8, 4) is 10.4 Å². The standard InChI is InChI=1S/C23H26N4O2S2.C5H12O/c1-27-9-7-14(12-27)21-17(16-6-8-24-11-20(16)30-21)10-25-23(29)26-22-18(13-28)15-4-2-3-5-19(15)31-22;1-5(2,3)6-4/h7,9,12-13,24H,2-6,8,10-11H2,1H3,(H2,25,26,29);1-4H3. The van der Waals surface area contributed by atoms with Gasteiger partial charge < -0.3 is 19.9 Å². The Bertz CT molecular complexity index is 1250. The Morgan fingerprint density at radius 1 is 1.16 bits per heavy atom. The highest BCUT2D eigenvalue weighted by Gasteiger charge is 2.24. The predicted octanol–water partition coefficient (Wildman–Crippen LogP) is 5.91. The highest BCUT2D eigenvalue weighted by molar-refractivity contribution is 7.17. The van der Waals surface area contributed by atoms with Gasteiger partial charge in [0.1, 0.15) is 5.00 Å². The molecule has 0 atom stereocenters. The number of carbonyl (C=O) groups excluding carboxylic acids is 2. The molecule has 2 aliphatic rings. The summed E-state index contributed by atoms with van der Waals surface area (Å²) in [6, 6.07) is 1.87. The van der Waals surface area contributed by atoms with Crippen molar-refractivity contribution in [2.24, 2.45) is 7.05 Å². The first-order chi connectivity index (χ1) is 17.7. The first-order valence-corrected chi connectivity index (χ1v) is 14.5. The minimum atomic E-state index is -0.255. The van der Waals surface area contributed by atoms with Gasteiger partial charge in [0.2, 0.25) is 0 Å². The third-order valence-corrected chi connectivity index (χ3v) is 9.27. The SMILES string of the molecule is COC(C)(C)C.Cn1ccc(-c2sc3c(c2CNC(=O)Nc2sc4c(c2C=O)CCCC4)CCNC3)c1. The maximum Gasteiger partial charge on any atom is 0.320 e. The molecule has 0 spiro atoms. The average Bonchev–Trinajstić information content (AvgIpc) is 3.56. The zero-order valence-electron chi connectivity index (χ0n) is 22.5. The maximum absolute atomic E-state index is 12.8. The van der Waals surface area contributed by atoms with E-state index in [2.05, 4.69) is 39.0 Å². The van der Waals surface area contributed by atoms with E-state index in [-0.39, 0.29) is 11.6 Å². The molecule has 0 bridgehead atoms. The number of amides is 2. The summed E-state index contributed by atoms with van der Waals surface area (Å²) < 4.78 is 6.99. The van der Waals surface area contributed by atoms with Crippen LogP contribution in [0, 0.1) is 0 Å². The largest absolute Gasteiger partial charge is 0.379 e. The van der Waals surface area contributed by atoms with Gasteiger partial charge in [-0.15, -0.1) is 22.7 Å². The van der Waals surface area contributed by atoms with E-state index >= 15 is 0 Å². The number of rotatable bonds is 5. The van der Waals surface area contributed by atoms with Gasteiger partial charge in [-0.1, -0.05) is 0 Å². The Hall–Kier alpha value is -2.46. The predicted molar refractivity (Wildman–Crippen MR) is 153 cm³/mol. The summed E-state index contributed by atoms with van der Waals surface area (Å²) in [6.07, 6.45) is 10.2. The molecule has 200 valence electrons. The monoisotopic (exact) mass is 542 g/mol. The second kappa shape index (κ2) is 11.9. The second-order valence-corrected chi connectivity index (χ2v) is 12.7. The lowest BCUT2D eigenvalue weighted by Gasteiger charge is -2.15. The number of aldehydes is 1. The lowest BCUT2D eigenvalue weighted by atomic mass is 9.96. The second-order valence-electron chi connectivity index (χ2n) is 10.5. The molecule has 1 aliphatic heterocycles. The number of hydrogen-bond donors (Lipinski definition) is 3. The number of hydrogen-bond acceptors (Lipinski definition) is 6. The van der Waals surface area contributed by atoms with Gasteiger partial charge in [-0.25, -0.2) is 4.79 Å². The van der Waals surface area contributed by atoms with Crippen LogP contribution in [0.5, 0.6) is 0 Å². The van der Waals surface area contributed by atoms with Crippen molar-refractivity contribution in [1.29, 1.82) is 0 Å². The van der Waals surface area contributed by atoms with Crippen LogP contribution in [0.2, 0.25) is 0 Å². The number of anilines is 1. The van der Waals surface area contributed by atoms with Crippen molar-refractivity contribution >= 4 is 40.0 Å². The van der Waals surface area contributed by atoms with Crippen LogP contribution in [0.25, 0.3) is 10.4 Å². The Morgan fingerprint density at radius 2 is 1.92 bits per heavy atom. The van der Waals surface area contributed by atoms with Crippen molar-refractivity contribution in [1.82, 2.24) is 15.2 Å². The maximum atomic E-state index is 12.8. The molecule has 4 heterocycles. The zero-order valence-corrected chi connectivity index (χ0v) is 24.1. The van der Waals surface area contributed by atoms with Crippen LogP contribution in [-0.4, -0.2) is 36.1 Å². The van der Waals surface area contributed by atoms with Gasteiger partial charge in [0.15, 0.2) is 6.29 Å². The molecular formula is C28H38N4O3S2. The van der Waals surface area contributed by atoms with Gasteiger partial charge in [-0.3, -0.25) is 10.1 Å². The van der Waals surface area contributed by atoms with E-state index < -0.39 is 0 Å². The van der Waals surface area contributed by atoms with E-state index in [1.165, 1.54) is 31.3 Å². The third-order valence-electron chi connectivity index (χ3n) is 6.73. The number of fused-ring (bicyclic) bond motifs is 2. The van der Waals surface area contributed by atoms with Crippen LogP contribution in [0.3, 0.4) is 0 Å². The number of carbonyl (C=O) groups is 2. The number of ether oxygens (including phenoxy) is 1. The summed E-state index contributed by atoms with van der Waals surface area (Å²) in [5.41, 5.74) is 5.60. The Kier molecular flexibility index (Phi) is 8.90. The van der Waals surface area contributed by atoms with Crippen LogP contribution in [-0.2, 0) is 44.1 Å². The topological polar surface area (TPSA) is 84.4 Å². The molecule has 3 aromatic rings. The Labute approximate surface area is 227 Å². The first-order valence-electron chi connectivity index (χ1n) is 12.9. The molecule has 7 nitrogen and oxygen atoms in total. The first kappa shape index (κ1) is 27.6. The average molecular weight is 543 g/mol. The molecule has 0 saturated heterocycles. The molecule has 1 aliphatic carbocycles. The van der Waals surface area contributed by atoms with E-state index in [0.29, 0.717) is 17.1 Å². The van der Waals surface area contributed by atoms with Crippen LogP contribution in [0.15, 0.2) is 18.5 Å². The molecule has 5 rings (SSSR count). The number of aryl methyl sites for hydroxylation is 2. The molecule has 3 aromatic heterocycles. The third kappa shape index (κ3) is 6.71. The van der Waals surface area contributed by atoms with Crippen LogP contribution in [0.1, 0.15) is 70.4 Å². The normalized spacial score (nSPS) is 14.7. The lowest BCUT2D eigenvalue weighted by Crippen LogP contribution is -2.29. The number of methoxy groups -OCH3 is 1. The molecule has 0 saturated carbocycles. The van der Waals surface area contributed by atoms with Crippen molar-refractivity contribution in [2.45, 2.75) is 71.6 Å². The summed E-state index contributed by atoms with van der Waals surface area (Å²) >= 11 is 3.37. The van der Waals surface area contributed by atoms with Crippen molar-refractivity contribution < 1.29 is 14.3 Å². The van der Waals surface area contributed by atoms with Gasteiger partial charge in [-0.2, -0.15) is 0 Å². The minimum absolute atomic E-state index is 0.0417. The van der Waals surface area contributed by atoms with E-state index in [0.717, 1.165) is 57.0 Å². The Balaban J connectivity index is 0.000000480. The van der Waals surface area contributed by atoms with Gasteiger partial charge in [0.05, 0.1) is 11.2 Å². The Morgan fingerprint density at radius 3 is 2.59 bits per heavy atom. The fourth-order valence-corrected chi connectivity index (χ4v) is 7.16. The van der Waals surface area contributed by atoms with Gasteiger partial charge in [0.25, 0.3) is 0 Å². The van der Waals surface area contributed by atoms with E-state index in [9.17, 15) is 9.59 Å². The number of nitrogens with zero attached hydrogens (tertiary/aromatic N) is 1. The molecule has 37 heavy (non-hydrogen) atoms. The highest BCUT2D eigenvalue weighted by Crippen LogP contribution is 2.39. The molecule has 2 amide bonds. The molecule has 0 aromatic carbocycles. The van der Waals surface area contributed by atoms with E-state index in [4.69, 9.17) is 4.74 Å². The lowest BCUT2D eigenvalue weighted by molar-refractivity contribution is 0.0397. The number of nitrogens with one attached hydrogen (secondary N) is 3. The zero-order chi connectivity index (χ0) is 26.6. The smallest absolute Gasteiger partial charge is 0.320 e. The minimum Gasteiger partial charge on any atom is -0.379 e. The van der Waals surface area contributed by atoms with Crippen LogP contribution in [0.4, 0.5) is 9.80 Å². The summed E-state index contributed by atoms with van der Waals surface area (Å²) in [7, 11) is 3.73. The fourth-order valence-electron chi connectivity index (χ4n) is 4.58. The van der Waals surface area contributed by atoms with Crippen LogP contribution >= 0.6 is 22.7 Å². The van der Waals surface area contributed by atoms with Gasteiger partial charge in [0, 0.05) is 59.8 Å². The quantitative estimate of drug-likeness (QED) is 0.350. The number of urea groups is 1. The van der Waals surface area contributed by atoms with Gasteiger partial charge in [-0.05, 0) is 82.2 Å².